The van der Waals surface area contributed by atoms with Crippen molar-refractivity contribution in [3.63, 3.8) is 0 Å². The zero-order valence-corrected chi connectivity index (χ0v) is 17.8. The minimum absolute atomic E-state index is 0.0502. The maximum Gasteiger partial charge on any atom is 0.317 e. The zero-order chi connectivity index (χ0) is 22.3. The van der Waals surface area contributed by atoms with Crippen LogP contribution >= 0.6 is 0 Å². The largest absolute Gasteiger partial charge is 0.383 e. The Morgan fingerprint density at radius 2 is 2.06 bits per heavy atom. The van der Waals surface area contributed by atoms with Gasteiger partial charge in [-0.1, -0.05) is 0 Å². The molecule has 0 aromatic carbocycles. The van der Waals surface area contributed by atoms with E-state index in [2.05, 4.69) is 27.4 Å². The van der Waals surface area contributed by atoms with Gasteiger partial charge in [0.15, 0.2) is 0 Å². The molecule has 0 bridgehead atoms. The molecular weight excluding hydrogens is 404 g/mol. The van der Waals surface area contributed by atoms with Crippen molar-refractivity contribution >= 4 is 11.8 Å². The number of urea groups is 1. The molecule has 1 saturated heterocycles. The molecule has 2 atom stereocenters. The monoisotopic (exact) mass is 428 g/mol. The van der Waals surface area contributed by atoms with Crippen LogP contribution in [0.25, 0.3) is 11.3 Å². The highest BCUT2D eigenvalue weighted by atomic mass is 16.2. The van der Waals surface area contributed by atoms with E-state index in [9.17, 15) is 10.1 Å². The van der Waals surface area contributed by atoms with Crippen LogP contribution in [0.2, 0.25) is 0 Å². The van der Waals surface area contributed by atoms with Gasteiger partial charge in [-0.2, -0.15) is 10.4 Å². The third-order valence-corrected chi connectivity index (χ3v) is 6.65. The second-order valence-electron chi connectivity index (χ2n) is 8.56. The van der Waals surface area contributed by atoms with Gasteiger partial charge in [0.05, 0.1) is 17.3 Å². The minimum atomic E-state index is -0.0954. The number of nitriles is 1. The maximum atomic E-state index is 12.9. The Balaban J connectivity index is 1.33. The summed E-state index contributed by atoms with van der Waals surface area (Å²) in [5, 5.41) is 17.1. The number of pyridine rings is 2. The Morgan fingerprint density at radius 1 is 1.28 bits per heavy atom. The third-order valence-electron chi connectivity index (χ3n) is 6.65. The summed E-state index contributed by atoms with van der Waals surface area (Å²) in [5.41, 5.74) is 9.72. The van der Waals surface area contributed by atoms with Crippen molar-refractivity contribution in [2.24, 2.45) is 0 Å². The van der Waals surface area contributed by atoms with E-state index >= 15 is 0 Å². The van der Waals surface area contributed by atoms with E-state index < -0.39 is 0 Å². The van der Waals surface area contributed by atoms with Crippen molar-refractivity contribution in [3.05, 3.63) is 59.7 Å². The van der Waals surface area contributed by atoms with E-state index in [4.69, 9.17) is 10.8 Å². The molecule has 1 spiro atoms. The van der Waals surface area contributed by atoms with E-state index in [0.29, 0.717) is 18.7 Å². The first kappa shape index (κ1) is 20.0. The van der Waals surface area contributed by atoms with Crippen LogP contribution < -0.4 is 11.1 Å². The lowest BCUT2D eigenvalue weighted by molar-refractivity contribution is 0.202. The summed E-state index contributed by atoms with van der Waals surface area (Å²) in [7, 11) is 0. The predicted molar refractivity (Wildman–Crippen MR) is 118 cm³/mol. The van der Waals surface area contributed by atoms with Crippen molar-refractivity contribution in [2.75, 3.05) is 18.8 Å². The van der Waals surface area contributed by atoms with Gasteiger partial charge in [0.1, 0.15) is 11.9 Å². The van der Waals surface area contributed by atoms with Gasteiger partial charge in [-0.15, -0.1) is 0 Å². The highest BCUT2D eigenvalue weighted by molar-refractivity contribution is 5.75. The summed E-state index contributed by atoms with van der Waals surface area (Å²) in [6.07, 6.45) is 6.98. The summed E-state index contributed by atoms with van der Waals surface area (Å²) in [4.78, 5) is 23.0. The van der Waals surface area contributed by atoms with Crippen molar-refractivity contribution < 1.29 is 4.79 Å². The van der Waals surface area contributed by atoms with Crippen molar-refractivity contribution in [1.29, 1.82) is 5.26 Å². The van der Waals surface area contributed by atoms with E-state index in [-0.39, 0.29) is 23.3 Å². The lowest BCUT2D eigenvalue weighted by Crippen LogP contribution is -2.41. The van der Waals surface area contributed by atoms with Crippen LogP contribution in [-0.2, 0) is 12.0 Å². The normalized spacial score (nSPS) is 20.2. The molecule has 3 aromatic heterocycles. The Hall–Kier alpha value is -3.93. The van der Waals surface area contributed by atoms with E-state index in [1.165, 1.54) is 0 Å². The fourth-order valence-corrected chi connectivity index (χ4v) is 4.78. The number of hydrogen-bond acceptors (Lipinski definition) is 6. The van der Waals surface area contributed by atoms with Gasteiger partial charge in [-0.05, 0) is 49.6 Å². The highest BCUT2D eigenvalue weighted by Crippen LogP contribution is 2.43. The fraction of sp³-hybridized carbons (Fsp3) is 0.348. The van der Waals surface area contributed by atoms with Gasteiger partial charge in [0.2, 0.25) is 0 Å². The number of nitrogens with zero attached hydrogens (tertiary/aromatic N) is 6. The average molecular weight is 429 g/mol. The molecule has 9 nitrogen and oxygen atoms in total. The minimum Gasteiger partial charge on any atom is -0.383 e. The van der Waals surface area contributed by atoms with Crippen molar-refractivity contribution in [3.8, 4) is 17.3 Å². The van der Waals surface area contributed by atoms with Crippen LogP contribution in [0, 0.1) is 11.3 Å². The van der Waals surface area contributed by atoms with E-state index in [1.807, 2.05) is 28.6 Å². The smallest absolute Gasteiger partial charge is 0.317 e. The molecule has 0 radical (unpaired) electrons. The van der Waals surface area contributed by atoms with E-state index in [0.717, 1.165) is 41.9 Å². The topological polar surface area (TPSA) is 126 Å². The molecule has 2 aliphatic heterocycles. The van der Waals surface area contributed by atoms with Crippen molar-refractivity contribution in [2.45, 2.75) is 37.8 Å². The summed E-state index contributed by atoms with van der Waals surface area (Å²) in [5.74, 6) is 0.220. The molecule has 3 N–H and O–H groups in total. The summed E-state index contributed by atoms with van der Waals surface area (Å²) in [6.45, 7) is 4.16. The van der Waals surface area contributed by atoms with Crippen LogP contribution in [0.4, 0.5) is 10.6 Å². The SMILES string of the molecule is C[C@H](NC(=O)N1CCC2(CCn3nc(-c4cnc(N)c(C#N)c4)cc32)C1)c1ccncc1. The summed E-state index contributed by atoms with van der Waals surface area (Å²) < 4.78 is 2.03. The summed E-state index contributed by atoms with van der Waals surface area (Å²) in [6, 6.07) is 9.56. The highest BCUT2D eigenvalue weighted by Gasteiger charge is 2.47. The Labute approximate surface area is 185 Å². The number of nitrogen functional groups attached to an aromatic ring is 1. The standard InChI is InChI=1S/C23H24N8O/c1-15(16-2-6-26-7-3-16)28-22(32)30-8-4-23(14-30)5-9-31-20(23)11-19(29-31)18-10-17(12-24)21(25)27-13-18/h2-3,6-7,10-11,13,15H,4-5,8-9,14H2,1H3,(H2,25,27)(H,28,32)/t15-,23?/m0/s1. The molecule has 1 fully saturated rings. The number of carbonyl (C=O) groups excluding carboxylic acids is 1. The molecule has 162 valence electrons. The molecule has 1 unspecified atom stereocenters. The molecular formula is C23H24N8O. The van der Waals surface area contributed by atoms with Crippen LogP contribution in [0.1, 0.15) is 42.6 Å². The lowest BCUT2D eigenvalue weighted by Gasteiger charge is -2.25. The number of nitrogens with two attached hydrogens (primary N) is 1. The molecule has 5 rings (SSSR count). The summed E-state index contributed by atoms with van der Waals surface area (Å²) >= 11 is 0. The van der Waals surface area contributed by atoms with Gasteiger partial charge >= 0.3 is 6.03 Å². The van der Waals surface area contributed by atoms with Gasteiger partial charge in [0, 0.05) is 54.9 Å². The molecule has 32 heavy (non-hydrogen) atoms. The molecule has 2 aliphatic rings. The second kappa shape index (κ2) is 7.64. The van der Waals surface area contributed by atoms with Crippen molar-refractivity contribution in [1.82, 2.24) is 30.0 Å². The van der Waals surface area contributed by atoms with Gasteiger partial charge in [-0.3, -0.25) is 9.67 Å². The number of carbonyl (C=O) groups is 1. The predicted octanol–water partition coefficient (Wildman–Crippen LogP) is 2.61. The number of hydrogen-bond donors (Lipinski definition) is 2. The van der Waals surface area contributed by atoms with Gasteiger partial charge < -0.3 is 16.0 Å². The maximum absolute atomic E-state index is 12.9. The number of aromatic nitrogens is 4. The molecule has 0 saturated carbocycles. The molecule has 3 aromatic rings. The van der Waals surface area contributed by atoms with E-state index in [1.54, 1.807) is 24.7 Å². The molecule has 9 heteroatoms. The number of aryl methyl sites for hydroxylation is 1. The Morgan fingerprint density at radius 3 is 2.84 bits per heavy atom. The molecule has 0 aliphatic carbocycles. The number of fused-ring (bicyclic) bond motifs is 2. The molecule has 5 heterocycles. The molecule has 2 amide bonds. The van der Waals surface area contributed by atoms with Crippen LogP contribution in [0.3, 0.4) is 0 Å². The number of amides is 2. The first-order valence-electron chi connectivity index (χ1n) is 10.7. The van der Waals surface area contributed by atoms with Gasteiger partial charge in [-0.25, -0.2) is 9.78 Å². The number of rotatable bonds is 3. The first-order chi connectivity index (χ1) is 15.5. The van der Waals surface area contributed by atoms with Crippen LogP contribution in [0.15, 0.2) is 42.9 Å². The average Bonchev–Trinajstić information content (AvgIpc) is 3.51. The number of likely N-dealkylation sites (tertiary alicyclic amines) is 1. The third kappa shape index (κ3) is 3.34. The number of anilines is 1. The quantitative estimate of drug-likeness (QED) is 0.660. The zero-order valence-electron chi connectivity index (χ0n) is 17.8. The lowest BCUT2D eigenvalue weighted by atomic mass is 9.82. The fourth-order valence-electron chi connectivity index (χ4n) is 4.78. The Bertz CT molecular complexity index is 1210. The van der Waals surface area contributed by atoms with Gasteiger partial charge in [0.25, 0.3) is 0 Å². The first-order valence-corrected chi connectivity index (χ1v) is 10.7. The number of nitrogens with one attached hydrogen (secondary N) is 1. The van der Waals surface area contributed by atoms with Crippen LogP contribution in [0.5, 0.6) is 0 Å². The Kier molecular flexibility index (Phi) is 4.78. The second-order valence-corrected chi connectivity index (χ2v) is 8.56. The van der Waals surface area contributed by atoms with Crippen LogP contribution in [-0.4, -0.2) is 43.8 Å².